The van der Waals surface area contributed by atoms with Crippen LogP contribution in [-0.4, -0.2) is 22.7 Å². The van der Waals surface area contributed by atoms with Gasteiger partial charge in [0, 0.05) is 10.2 Å². The lowest BCUT2D eigenvalue weighted by molar-refractivity contribution is -0.118. The highest BCUT2D eigenvalue weighted by Crippen LogP contribution is 2.36. The molecular weight excluding hydrogens is 544 g/mol. The van der Waals surface area contributed by atoms with Crippen LogP contribution in [0.4, 0.5) is 11.4 Å². The summed E-state index contributed by atoms with van der Waals surface area (Å²) < 4.78 is 7.14. The first-order chi connectivity index (χ1) is 16.7. The third kappa shape index (κ3) is 6.01. The second-order valence-corrected chi connectivity index (χ2v) is 10.7. The third-order valence-corrected chi connectivity index (χ3v) is 7.33. The Morgan fingerprint density at radius 2 is 1.86 bits per heavy atom. The summed E-state index contributed by atoms with van der Waals surface area (Å²) in [5.41, 5.74) is 5.50. The number of carbonyl (C=O) groups is 2. The molecule has 0 spiro atoms. The zero-order valence-electron chi connectivity index (χ0n) is 19.4. The molecule has 1 N–H and O–H groups in total. The lowest BCUT2D eigenvalue weighted by Crippen LogP contribution is -2.27. The third-order valence-electron chi connectivity index (χ3n) is 5.53. The molecule has 5 nitrogen and oxygen atoms in total. The van der Waals surface area contributed by atoms with Gasteiger partial charge in [0.1, 0.15) is 5.75 Å². The van der Waals surface area contributed by atoms with Gasteiger partial charge < -0.3 is 10.1 Å². The van der Waals surface area contributed by atoms with E-state index in [4.69, 9.17) is 17.0 Å². The van der Waals surface area contributed by atoms with Gasteiger partial charge in [-0.25, -0.2) is 0 Å². The van der Waals surface area contributed by atoms with E-state index in [1.54, 1.807) is 23.1 Å². The molecule has 0 bridgehead atoms. The van der Waals surface area contributed by atoms with Crippen molar-refractivity contribution in [2.45, 2.75) is 20.8 Å². The average Bonchev–Trinajstić information content (AvgIpc) is 3.09. The fourth-order valence-electron chi connectivity index (χ4n) is 3.50. The molecule has 1 aliphatic heterocycles. The van der Waals surface area contributed by atoms with Gasteiger partial charge >= 0.3 is 0 Å². The molecule has 4 rings (SSSR count). The number of nitrogens with one attached hydrogen (secondary N) is 1. The molecule has 2 amide bonds. The Bertz CT molecular complexity index is 1370. The van der Waals surface area contributed by atoms with Crippen LogP contribution in [0.1, 0.15) is 22.3 Å². The van der Waals surface area contributed by atoms with E-state index in [0.29, 0.717) is 15.0 Å². The van der Waals surface area contributed by atoms with E-state index in [1.807, 2.05) is 69.3 Å². The highest BCUT2D eigenvalue weighted by atomic mass is 79.9. The van der Waals surface area contributed by atoms with Crippen LogP contribution in [0.2, 0.25) is 0 Å². The van der Waals surface area contributed by atoms with Crippen molar-refractivity contribution in [3.63, 3.8) is 0 Å². The van der Waals surface area contributed by atoms with E-state index in [9.17, 15) is 9.59 Å². The van der Waals surface area contributed by atoms with Crippen LogP contribution in [0.25, 0.3) is 6.08 Å². The van der Waals surface area contributed by atoms with Crippen molar-refractivity contribution in [1.29, 1.82) is 0 Å². The Hall–Kier alpha value is -2.94. The van der Waals surface area contributed by atoms with Gasteiger partial charge in [0.15, 0.2) is 10.9 Å². The van der Waals surface area contributed by atoms with Crippen molar-refractivity contribution in [3.8, 4) is 5.75 Å². The van der Waals surface area contributed by atoms with Crippen molar-refractivity contribution in [2.24, 2.45) is 0 Å². The van der Waals surface area contributed by atoms with Crippen molar-refractivity contribution in [1.82, 2.24) is 0 Å². The number of halogens is 1. The molecule has 0 unspecified atom stereocenters. The fourth-order valence-corrected chi connectivity index (χ4v) is 5.28. The van der Waals surface area contributed by atoms with Crippen LogP contribution in [0.15, 0.2) is 70.0 Å². The molecule has 0 saturated carbocycles. The minimum Gasteiger partial charge on any atom is -0.484 e. The van der Waals surface area contributed by atoms with E-state index in [0.717, 1.165) is 38.1 Å². The minimum absolute atomic E-state index is 0.131. The number of hydrogen-bond donors (Lipinski definition) is 1. The molecule has 1 saturated heterocycles. The molecule has 0 atom stereocenters. The summed E-state index contributed by atoms with van der Waals surface area (Å²) in [4.78, 5) is 27.6. The van der Waals surface area contributed by atoms with Gasteiger partial charge in [-0.15, -0.1) is 0 Å². The molecule has 178 valence electrons. The van der Waals surface area contributed by atoms with Gasteiger partial charge in [0.25, 0.3) is 11.8 Å². The zero-order valence-corrected chi connectivity index (χ0v) is 22.6. The van der Waals surface area contributed by atoms with Crippen molar-refractivity contribution >= 4 is 73.5 Å². The molecule has 1 aliphatic rings. The second kappa shape index (κ2) is 10.8. The van der Waals surface area contributed by atoms with Crippen LogP contribution in [0.5, 0.6) is 5.75 Å². The van der Waals surface area contributed by atoms with Gasteiger partial charge in [-0.1, -0.05) is 58.1 Å². The smallest absolute Gasteiger partial charge is 0.270 e. The van der Waals surface area contributed by atoms with Gasteiger partial charge in [0.05, 0.1) is 10.6 Å². The molecule has 0 aromatic heterocycles. The Balaban J connectivity index is 1.43. The lowest BCUT2D eigenvalue weighted by Gasteiger charge is -2.15. The molecule has 8 heteroatoms. The number of nitrogens with zero attached hydrogens (tertiary/aromatic N) is 1. The summed E-state index contributed by atoms with van der Waals surface area (Å²) in [6.07, 6.45) is 1.79. The van der Waals surface area contributed by atoms with E-state index < -0.39 is 0 Å². The number of ether oxygens (including phenoxy) is 1. The molecule has 3 aromatic rings. The summed E-state index contributed by atoms with van der Waals surface area (Å²) in [5.74, 6) is 0.125. The second-order valence-electron chi connectivity index (χ2n) is 8.15. The predicted molar refractivity (Wildman–Crippen MR) is 151 cm³/mol. The fraction of sp³-hybridized carbons (Fsp3) is 0.148. The van der Waals surface area contributed by atoms with Crippen LogP contribution in [0, 0.1) is 20.8 Å². The van der Waals surface area contributed by atoms with Crippen LogP contribution in [0.3, 0.4) is 0 Å². The first-order valence-electron chi connectivity index (χ1n) is 10.9. The molecule has 0 radical (unpaired) electrons. The van der Waals surface area contributed by atoms with Crippen molar-refractivity contribution in [2.75, 3.05) is 16.8 Å². The monoisotopic (exact) mass is 566 g/mol. The number of aryl methyl sites for hydroxylation is 3. The van der Waals surface area contributed by atoms with E-state index in [2.05, 4.69) is 21.2 Å². The summed E-state index contributed by atoms with van der Waals surface area (Å²) in [7, 11) is 0. The van der Waals surface area contributed by atoms with E-state index in [1.165, 1.54) is 11.8 Å². The quantitative estimate of drug-likeness (QED) is 0.262. The number of benzene rings is 3. The van der Waals surface area contributed by atoms with E-state index in [-0.39, 0.29) is 18.4 Å². The number of rotatable bonds is 6. The maximum Gasteiger partial charge on any atom is 0.270 e. The normalized spacial score (nSPS) is 14.5. The van der Waals surface area contributed by atoms with Crippen LogP contribution < -0.4 is 15.0 Å². The minimum atomic E-state index is -0.255. The van der Waals surface area contributed by atoms with Crippen molar-refractivity contribution in [3.05, 3.63) is 92.3 Å². The number of amides is 2. The summed E-state index contributed by atoms with van der Waals surface area (Å²) in [5, 5.41) is 2.85. The number of thiocarbonyl (C=S) groups is 1. The van der Waals surface area contributed by atoms with Crippen molar-refractivity contribution < 1.29 is 14.3 Å². The number of carbonyl (C=O) groups excluding carboxylic acids is 2. The standard InChI is InChI=1S/C27H23BrN2O3S2/c1-16-7-9-21(12-17(16)2)30-26(32)24(35-27(30)34)14-19-5-4-6-22(13-19)33-15-25(31)29-23-10-8-20(28)11-18(23)3/h4-14H,15H2,1-3H3,(H,29,31)/b24-14-. The molecular formula is C27H23BrN2O3S2. The Morgan fingerprint density at radius 3 is 2.60 bits per heavy atom. The highest BCUT2D eigenvalue weighted by molar-refractivity contribution is 9.10. The summed E-state index contributed by atoms with van der Waals surface area (Å²) in [6, 6.07) is 18.8. The average molecular weight is 568 g/mol. The van der Waals surface area contributed by atoms with Gasteiger partial charge in [-0.2, -0.15) is 0 Å². The Morgan fingerprint density at radius 1 is 1.06 bits per heavy atom. The number of hydrogen-bond acceptors (Lipinski definition) is 5. The molecule has 0 aliphatic carbocycles. The van der Waals surface area contributed by atoms with Crippen LogP contribution >= 0.6 is 39.9 Å². The van der Waals surface area contributed by atoms with Gasteiger partial charge in [-0.3, -0.25) is 14.5 Å². The van der Waals surface area contributed by atoms with Gasteiger partial charge in [-0.05, 0) is 91.6 Å². The Labute approximate surface area is 222 Å². The topological polar surface area (TPSA) is 58.6 Å². The van der Waals surface area contributed by atoms with E-state index >= 15 is 0 Å². The molecule has 3 aromatic carbocycles. The summed E-state index contributed by atoms with van der Waals surface area (Å²) in [6.45, 7) is 5.84. The SMILES string of the molecule is Cc1ccc(N2C(=O)/C(=C/c3cccc(OCC(=O)Nc4ccc(Br)cc4C)c3)SC2=S)cc1C. The van der Waals surface area contributed by atoms with Crippen LogP contribution in [-0.2, 0) is 9.59 Å². The highest BCUT2D eigenvalue weighted by Gasteiger charge is 2.33. The maximum absolute atomic E-state index is 13.1. The number of thioether (sulfide) groups is 1. The largest absolute Gasteiger partial charge is 0.484 e. The molecule has 1 fully saturated rings. The molecule has 1 heterocycles. The predicted octanol–water partition coefficient (Wildman–Crippen LogP) is 6.80. The number of anilines is 2. The maximum atomic E-state index is 13.1. The first-order valence-corrected chi connectivity index (χ1v) is 12.9. The Kier molecular flexibility index (Phi) is 7.74. The van der Waals surface area contributed by atoms with Gasteiger partial charge in [0.2, 0.25) is 0 Å². The summed E-state index contributed by atoms with van der Waals surface area (Å²) >= 11 is 10.2. The first kappa shape index (κ1) is 25.2. The lowest BCUT2D eigenvalue weighted by atomic mass is 10.1. The zero-order chi connectivity index (χ0) is 25.1. The molecule has 35 heavy (non-hydrogen) atoms.